The molecule has 1 aromatic carbocycles. The zero-order chi connectivity index (χ0) is 14.4. The highest BCUT2D eigenvalue weighted by molar-refractivity contribution is 5.69. The number of rotatable bonds is 1. The van der Waals surface area contributed by atoms with E-state index in [0.717, 1.165) is 0 Å². The van der Waals surface area contributed by atoms with E-state index in [9.17, 15) is 5.11 Å². The van der Waals surface area contributed by atoms with Gasteiger partial charge in [0.25, 0.3) is 0 Å². The molecule has 0 unspecified atom stereocenters. The van der Waals surface area contributed by atoms with E-state index in [1.54, 1.807) is 19.1 Å². The van der Waals surface area contributed by atoms with Gasteiger partial charge in [0.15, 0.2) is 0 Å². The van der Waals surface area contributed by atoms with Crippen molar-refractivity contribution in [3.63, 3.8) is 0 Å². The number of benzene rings is 1. The number of nitrogen functional groups attached to an aromatic ring is 1. The highest BCUT2D eigenvalue weighted by atomic mass is 16.3. The Balaban J connectivity index is 0.000000861. The van der Waals surface area contributed by atoms with Gasteiger partial charge in [0.1, 0.15) is 11.4 Å². The van der Waals surface area contributed by atoms with Gasteiger partial charge in [0.05, 0.1) is 17.3 Å². The van der Waals surface area contributed by atoms with Crippen molar-refractivity contribution >= 4 is 5.95 Å². The Bertz CT molecular complexity index is 619. The highest BCUT2D eigenvalue weighted by Gasteiger charge is 2.11. The van der Waals surface area contributed by atoms with Crippen molar-refractivity contribution in [2.75, 3.05) is 5.73 Å². The zero-order valence-electron chi connectivity index (χ0n) is 11.0. The van der Waals surface area contributed by atoms with Crippen molar-refractivity contribution in [3.8, 4) is 23.1 Å². The van der Waals surface area contributed by atoms with Gasteiger partial charge in [-0.15, -0.1) is 10.2 Å². The number of aryl methyl sites for hydroxylation is 1. The Kier molecular flexibility index (Phi) is 4.77. The van der Waals surface area contributed by atoms with Crippen LogP contribution in [0.15, 0.2) is 18.2 Å². The number of hydrogen-bond donors (Lipinski definition) is 2. The predicted molar refractivity (Wildman–Crippen MR) is 72.1 cm³/mol. The van der Waals surface area contributed by atoms with Gasteiger partial charge >= 0.3 is 0 Å². The fraction of sp³-hybridized carbons (Fsp3) is 0.231. The second-order valence-electron chi connectivity index (χ2n) is 3.45. The number of nitriles is 1. The van der Waals surface area contributed by atoms with E-state index in [1.165, 1.54) is 6.07 Å². The summed E-state index contributed by atoms with van der Waals surface area (Å²) in [6.07, 6.45) is 0. The molecule has 0 bridgehead atoms. The number of phenolic OH excluding ortho intramolecular Hbond substituents is 1. The molecule has 0 amide bonds. The number of aromatic nitrogens is 3. The summed E-state index contributed by atoms with van der Waals surface area (Å²) in [5.41, 5.74) is 7.26. The van der Waals surface area contributed by atoms with Crippen LogP contribution in [0.3, 0.4) is 0 Å². The molecule has 3 N–H and O–H groups in total. The van der Waals surface area contributed by atoms with Crippen LogP contribution in [0.4, 0.5) is 5.95 Å². The van der Waals surface area contributed by atoms with Gasteiger partial charge < -0.3 is 10.8 Å². The van der Waals surface area contributed by atoms with Gasteiger partial charge in [0.2, 0.25) is 5.95 Å². The molecule has 0 radical (unpaired) electrons. The summed E-state index contributed by atoms with van der Waals surface area (Å²) in [5, 5.41) is 26.0. The molecule has 0 aliphatic heterocycles. The van der Waals surface area contributed by atoms with Crippen LogP contribution in [0.5, 0.6) is 5.75 Å². The molecule has 6 heteroatoms. The summed E-state index contributed by atoms with van der Waals surface area (Å²) in [4.78, 5) is 3.96. The first-order valence-corrected chi connectivity index (χ1v) is 5.82. The summed E-state index contributed by atoms with van der Waals surface area (Å²) in [5.74, 6) is 0.0485. The summed E-state index contributed by atoms with van der Waals surface area (Å²) >= 11 is 0. The SMILES string of the molecule is CC.Cc1nc(N)nnc1-c1ccc(C#N)cc1O. The second-order valence-corrected chi connectivity index (χ2v) is 3.45. The van der Waals surface area contributed by atoms with Crippen molar-refractivity contribution in [1.29, 1.82) is 5.26 Å². The molecule has 0 saturated heterocycles. The van der Waals surface area contributed by atoms with E-state index < -0.39 is 0 Å². The van der Waals surface area contributed by atoms with Crippen LogP contribution in [0.2, 0.25) is 0 Å². The maximum Gasteiger partial charge on any atom is 0.240 e. The molecule has 98 valence electrons. The minimum Gasteiger partial charge on any atom is -0.507 e. The van der Waals surface area contributed by atoms with Crippen molar-refractivity contribution in [2.45, 2.75) is 20.8 Å². The molecule has 0 spiro atoms. The molecule has 1 heterocycles. The van der Waals surface area contributed by atoms with E-state index in [4.69, 9.17) is 11.0 Å². The molecule has 6 nitrogen and oxygen atoms in total. The molecule has 0 aliphatic rings. The molecule has 0 atom stereocenters. The molecule has 0 fully saturated rings. The quantitative estimate of drug-likeness (QED) is 0.809. The first-order chi connectivity index (χ1) is 9.11. The molecule has 2 aromatic rings. The minimum atomic E-state index is -0.0342. The summed E-state index contributed by atoms with van der Waals surface area (Å²) in [7, 11) is 0. The number of nitrogens with two attached hydrogens (primary N) is 1. The number of phenols is 1. The van der Waals surface area contributed by atoms with Crippen LogP contribution >= 0.6 is 0 Å². The maximum absolute atomic E-state index is 9.79. The molecular formula is C13H15N5O. The number of nitrogens with zero attached hydrogens (tertiary/aromatic N) is 4. The Morgan fingerprint density at radius 1 is 1.26 bits per heavy atom. The summed E-state index contributed by atoms with van der Waals surface area (Å²) < 4.78 is 0. The van der Waals surface area contributed by atoms with Gasteiger partial charge in [-0.2, -0.15) is 5.26 Å². The van der Waals surface area contributed by atoms with Gasteiger partial charge in [-0.1, -0.05) is 13.8 Å². The normalized spacial score (nSPS) is 9.16. The van der Waals surface area contributed by atoms with Crippen LogP contribution in [0.25, 0.3) is 11.3 Å². The molecule has 2 rings (SSSR count). The van der Waals surface area contributed by atoms with Crippen molar-refractivity contribution in [3.05, 3.63) is 29.5 Å². The lowest BCUT2D eigenvalue weighted by molar-refractivity contribution is 0.476. The molecule has 1 aromatic heterocycles. The average Bonchev–Trinajstić information content (AvgIpc) is 2.42. The van der Waals surface area contributed by atoms with E-state index in [1.807, 2.05) is 19.9 Å². The summed E-state index contributed by atoms with van der Waals surface area (Å²) in [6.45, 7) is 5.72. The number of hydrogen-bond acceptors (Lipinski definition) is 6. The first-order valence-electron chi connectivity index (χ1n) is 5.82. The van der Waals surface area contributed by atoms with E-state index in [2.05, 4.69) is 15.2 Å². The Hall–Kier alpha value is -2.68. The topological polar surface area (TPSA) is 109 Å². The van der Waals surface area contributed by atoms with Gasteiger partial charge in [-0.3, -0.25) is 0 Å². The van der Waals surface area contributed by atoms with Gasteiger partial charge in [-0.25, -0.2) is 4.98 Å². The van der Waals surface area contributed by atoms with Crippen LogP contribution in [0, 0.1) is 18.3 Å². The Labute approximate surface area is 111 Å². The van der Waals surface area contributed by atoms with Crippen LogP contribution in [-0.2, 0) is 0 Å². The van der Waals surface area contributed by atoms with Gasteiger partial charge in [-0.05, 0) is 25.1 Å². The summed E-state index contributed by atoms with van der Waals surface area (Å²) in [6, 6.07) is 6.50. The highest BCUT2D eigenvalue weighted by Crippen LogP contribution is 2.29. The van der Waals surface area contributed by atoms with E-state index in [0.29, 0.717) is 22.5 Å². The van der Waals surface area contributed by atoms with Gasteiger partial charge in [0, 0.05) is 5.56 Å². The monoisotopic (exact) mass is 257 g/mol. The maximum atomic E-state index is 9.79. The number of anilines is 1. The Morgan fingerprint density at radius 3 is 2.47 bits per heavy atom. The van der Waals surface area contributed by atoms with Crippen LogP contribution in [-0.4, -0.2) is 20.3 Å². The molecule has 0 aliphatic carbocycles. The van der Waals surface area contributed by atoms with Crippen molar-refractivity contribution in [1.82, 2.24) is 15.2 Å². The van der Waals surface area contributed by atoms with E-state index in [-0.39, 0.29) is 11.7 Å². The average molecular weight is 257 g/mol. The van der Waals surface area contributed by atoms with Crippen molar-refractivity contribution in [2.24, 2.45) is 0 Å². The molecule has 0 saturated carbocycles. The standard InChI is InChI=1S/C11H9N5O.C2H6/c1-6-10(15-16-11(13)14-6)8-3-2-7(5-12)4-9(8)17;1-2/h2-4,17H,1H3,(H2,13,14,16);1-2H3. The third kappa shape index (κ3) is 3.16. The van der Waals surface area contributed by atoms with Crippen LogP contribution in [0.1, 0.15) is 25.1 Å². The molecular weight excluding hydrogens is 242 g/mol. The Morgan fingerprint density at radius 2 is 1.95 bits per heavy atom. The lowest BCUT2D eigenvalue weighted by atomic mass is 10.1. The lowest BCUT2D eigenvalue weighted by Crippen LogP contribution is -2.02. The molecule has 19 heavy (non-hydrogen) atoms. The third-order valence-corrected chi connectivity index (χ3v) is 2.26. The minimum absolute atomic E-state index is 0.0342. The van der Waals surface area contributed by atoms with Crippen LogP contribution < -0.4 is 5.73 Å². The predicted octanol–water partition coefficient (Wildman–Crippen LogP) is 2.03. The lowest BCUT2D eigenvalue weighted by Gasteiger charge is -2.06. The number of aromatic hydroxyl groups is 1. The fourth-order valence-corrected chi connectivity index (χ4v) is 1.47. The second kappa shape index (κ2) is 6.31. The first kappa shape index (κ1) is 14.4. The fourth-order valence-electron chi connectivity index (χ4n) is 1.47. The third-order valence-electron chi connectivity index (χ3n) is 2.26. The van der Waals surface area contributed by atoms with Crippen molar-refractivity contribution < 1.29 is 5.11 Å². The van der Waals surface area contributed by atoms with E-state index >= 15 is 0 Å². The largest absolute Gasteiger partial charge is 0.507 e. The smallest absolute Gasteiger partial charge is 0.240 e. The zero-order valence-corrected chi connectivity index (χ0v) is 11.0.